The lowest BCUT2D eigenvalue weighted by atomic mass is 9.96. The lowest BCUT2D eigenvalue weighted by molar-refractivity contribution is 0.0991. The minimum absolute atomic E-state index is 0.281. The molecule has 7 heteroatoms. The molecular weight excluding hydrogens is 304 g/mol. The van der Waals surface area contributed by atoms with Gasteiger partial charge in [-0.3, -0.25) is 14.4 Å². The van der Waals surface area contributed by atoms with Crippen molar-refractivity contribution in [2.75, 3.05) is 6.54 Å². The number of aryl methyl sites for hydroxylation is 2. The maximum atomic E-state index is 11.6. The summed E-state index contributed by atoms with van der Waals surface area (Å²) in [7, 11) is 1.95. The van der Waals surface area contributed by atoms with Gasteiger partial charge in [-0.25, -0.2) is 9.97 Å². The van der Waals surface area contributed by atoms with E-state index < -0.39 is 5.91 Å². The molecule has 24 heavy (non-hydrogen) atoms. The summed E-state index contributed by atoms with van der Waals surface area (Å²) in [4.78, 5) is 23.0. The van der Waals surface area contributed by atoms with E-state index in [-0.39, 0.29) is 11.2 Å². The van der Waals surface area contributed by atoms with Crippen LogP contribution in [0.1, 0.15) is 53.0 Å². The highest BCUT2D eigenvalue weighted by Gasteiger charge is 2.41. The van der Waals surface area contributed by atoms with Crippen LogP contribution in [-0.4, -0.2) is 37.1 Å². The van der Waals surface area contributed by atoms with Crippen LogP contribution < -0.4 is 5.73 Å². The number of nitrogens with two attached hydrogens (primary N) is 1. The summed E-state index contributed by atoms with van der Waals surface area (Å²) >= 11 is 0. The maximum Gasteiger partial charge on any atom is 0.267 e. The van der Waals surface area contributed by atoms with Crippen LogP contribution in [0.4, 0.5) is 0 Å². The number of hydrogen-bond donors (Lipinski definition) is 1. The number of hydrogen-bond acceptors (Lipinski definition) is 5. The van der Waals surface area contributed by atoms with Crippen molar-refractivity contribution in [1.82, 2.24) is 24.6 Å². The molecule has 0 spiro atoms. The molecule has 2 N–H and O–H groups in total. The summed E-state index contributed by atoms with van der Waals surface area (Å²) in [6.07, 6.45) is 3.94. The Hall–Kier alpha value is -2.28. The number of rotatable bonds is 4. The van der Waals surface area contributed by atoms with Crippen LogP contribution in [0.25, 0.3) is 0 Å². The largest absolute Gasteiger partial charge is 0.364 e. The Morgan fingerprint density at radius 3 is 2.75 bits per heavy atom. The molecule has 1 saturated heterocycles. The van der Waals surface area contributed by atoms with E-state index in [4.69, 9.17) is 5.73 Å². The Balaban J connectivity index is 1.96. The quantitative estimate of drug-likeness (QED) is 0.917. The van der Waals surface area contributed by atoms with Gasteiger partial charge in [-0.2, -0.15) is 5.10 Å². The van der Waals surface area contributed by atoms with Crippen LogP contribution in [0.5, 0.6) is 0 Å². The van der Waals surface area contributed by atoms with Gasteiger partial charge in [0, 0.05) is 30.5 Å². The first-order chi connectivity index (χ1) is 11.3. The van der Waals surface area contributed by atoms with Crippen molar-refractivity contribution < 1.29 is 4.79 Å². The highest BCUT2D eigenvalue weighted by Crippen LogP contribution is 2.38. The van der Waals surface area contributed by atoms with Crippen LogP contribution in [0.2, 0.25) is 0 Å². The Kier molecular flexibility index (Phi) is 4.13. The molecular formula is C17H24N6O. The Morgan fingerprint density at radius 2 is 2.12 bits per heavy atom. The molecule has 0 radical (unpaired) electrons. The molecule has 7 nitrogen and oxygen atoms in total. The third-order valence-electron chi connectivity index (χ3n) is 5.08. The van der Waals surface area contributed by atoms with Gasteiger partial charge in [0.2, 0.25) is 0 Å². The van der Waals surface area contributed by atoms with Gasteiger partial charge < -0.3 is 5.73 Å². The average molecular weight is 328 g/mol. The lowest BCUT2D eigenvalue weighted by Crippen LogP contribution is -2.40. The van der Waals surface area contributed by atoms with Gasteiger partial charge >= 0.3 is 0 Å². The fourth-order valence-electron chi connectivity index (χ4n) is 3.37. The molecule has 0 saturated carbocycles. The zero-order valence-electron chi connectivity index (χ0n) is 14.7. The second kappa shape index (κ2) is 5.98. The third-order valence-corrected chi connectivity index (χ3v) is 5.08. The Bertz CT molecular complexity index is 783. The molecule has 1 fully saturated rings. The molecule has 0 aliphatic carbocycles. The smallest absolute Gasteiger partial charge is 0.267 e. The number of aromatic nitrogens is 4. The van der Waals surface area contributed by atoms with Crippen molar-refractivity contribution in [1.29, 1.82) is 0 Å². The topological polar surface area (TPSA) is 89.9 Å². The molecule has 1 amide bonds. The fourth-order valence-corrected chi connectivity index (χ4v) is 3.37. The number of carbonyl (C=O) groups is 1. The molecule has 2 aromatic rings. The number of primary amides is 1. The molecule has 1 aliphatic rings. The van der Waals surface area contributed by atoms with Crippen molar-refractivity contribution in [3.63, 3.8) is 0 Å². The summed E-state index contributed by atoms with van der Waals surface area (Å²) in [5.41, 5.74) is 8.52. The second-order valence-electron chi connectivity index (χ2n) is 6.76. The fraction of sp³-hybridized carbons (Fsp3) is 0.529. The molecule has 128 valence electrons. The zero-order valence-corrected chi connectivity index (χ0v) is 14.7. The van der Waals surface area contributed by atoms with Gasteiger partial charge in [0.15, 0.2) is 0 Å². The van der Waals surface area contributed by atoms with E-state index in [2.05, 4.69) is 33.8 Å². The van der Waals surface area contributed by atoms with Crippen LogP contribution in [0.3, 0.4) is 0 Å². The van der Waals surface area contributed by atoms with Gasteiger partial charge in [0.25, 0.3) is 5.91 Å². The van der Waals surface area contributed by atoms with Gasteiger partial charge in [0.1, 0.15) is 11.5 Å². The van der Waals surface area contributed by atoms with E-state index in [1.54, 1.807) is 6.07 Å². The highest BCUT2D eigenvalue weighted by atomic mass is 16.1. The lowest BCUT2D eigenvalue weighted by Gasteiger charge is -2.34. The van der Waals surface area contributed by atoms with E-state index in [9.17, 15) is 4.79 Å². The Labute approximate surface area is 141 Å². The van der Waals surface area contributed by atoms with Crippen molar-refractivity contribution in [2.24, 2.45) is 12.8 Å². The predicted molar refractivity (Wildman–Crippen MR) is 90.2 cm³/mol. The minimum Gasteiger partial charge on any atom is -0.364 e. The summed E-state index contributed by atoms with van der Waals surface area (Å²) in [6.45, 7) is 7.84. The number of nitrogens with zero attached hydrogens (tertiary/aromatic N) is 5. The molecule has 0 bridgehead atoms. The van der Waals surface area contributed by atoms with Crippen LogP contribution in [0, 0.1) is 13.8 Å². The molecule has 3 heterocycles. The van der Waals surface area contributed by atoms with E-state index in [0.717, 1.165) is 37.3 Å². The average Bonchev–Trinajstić information content (AvgIpc) is 3.05. The molecule has 2 aromatic heterocycles. The summed E-state index contributed by atoms with van der Waals surface area (Å²) in [6, 6.07) is 1.64. The van der Waals surface area contributed by atoms with Gasteiger partial charge in [-0.05, 0) is 46.2 Å². The first-order valence-corrected chi connectivity index (χ1v) is 8.20. The number of carbonyl (C=O) groups excluding carboxylic acids is 1. The third kappa shape index (κ3) is 2.80. The van der Waals surface area contributed by atoms with Crippen LogP contribution in [0.15, 0.2) is 12.3 Å². The normalized spacial score (nSPS) is 21.3. The maximum absolute atomic E-state index is 11.6. The first kappa shape index (κ1) is 16.6. The minimum atomic E-state index is -0.516. The van der Waals surface area contributed by atoms with Gasteiger partial charge in [-0.15, -0.1) is 0 Å². The van der Waals surface area contributed by atoms with E-state index in [0.29, 0.717) is 5.82 Å². The van der Waals surface area contributed by atoms with E-state index in [1.807, 2.05) is 24.9 Å². The van der Waals surface area contributed by atoms with Gasteiger partial charge in [0.05, 0.1) is 11.7 Å². The molecule has 1 atom stereocenters. The molecule has 0 unspecified atom stereocenters. The molecule has 0 aromatic carbocycles. The number of likely N-dealkylation sites (tertiary alicyclic amines) is 1. The van der Waals surface area contributed by atoms with E-state index >= 15 is 0 Å². The monoisotopic (exact) mass is 328 g/mol. The SMILES string of the molecule is Cc1cc(C(N)=O)nc([C@]2(C)CCCN2Cc2cnn(C)c2C)n1. The van der Waals surface area contributed by atoms with Crippen molar-refractivity contribution in [2.45, 2.75) is 45.7 Å². The van der Waals surface area contributed by atoms with Crippen LogP contribution in [-0.2, 0) is 19.1 Å². The predicted octanol–water partition coefficient (Wildman–Crippen LogP) is 1.44. The van der Waals surface area contributed by atoms with Crippen molar-refractivity contribution in [3.05, 3.63) is 40.7 Å². The van der Waals surface area contributed by atoms with Gasteiger partial charge in [-0.1, -0.05) is 0 Å². The second-order valence-corrected chi connectivity index (χ2v) is 6.76. The van der Waals surface area contributed by atoms with Crippen molar-refractivity contribution in [3.8, 4) is 0 Å². The Morgan fingerprint density at radius 1 is 1.38 bits per heavy atom. The number of amides is 1. The zero-order chi connectivity index (χ0) is 17.5. The summed E-state index contributed by atoms with van der Waals surface area (Å²) < 4.78 is 1.89. The van der Waals surface area contributed by atoms with E-state index in [1.165, 1.54) is 5.56 Å². The molecule has 1 aliphatic heterocycles. The molecule has 3 rings (SSSR count). The summed E-state index contributed by atoms with van der Waals surface area (Å²) in [5, 5.41) is 4.33. The standard InChI is InChI=1S/C17H24N6O/c1-11-8-14(15(18)24)21-16(20-11)17(3)6-5-7-23(17)10-13-9-19-22(4)12(13)2/h8-9H,5-7,10H2,1-4H3,(H2,18,24)/t17-/m0/s1. The summed E-state index contributed by atoms with van der Waals surface area (Å²) in [5.74, 6) is 0.161. The highest BCUT2D eigenvalue weighted by molar-refractivity contribution is 5.90. The van der Waals surface area contributed by atoms with Crippen molar-refractivity contribution >= 4 is 5.91 Å². The first-order valence-electron chi connectivity index (χ1n) is 8.20. The van der Waals surface area contributed by atoms with Crippen LogP contribution >= 0.6 is 0 Å².